The van der Waals surface area contributed by atoms with Crippen molar-refractivity contribution in [3.8, 4) is 0 Å². The number of hydrogen-bond donors (Lipinski definition) is 1. The number of rotatable bonds is 4. The summed E-state index contributed by atoms with van der Waals surface area (Å²) < 4.78 is 39.3. The number of benzene rings is 1. The second kappa shape index (κ2) is 6.65. The first-order chi connectivity index (χ1) is 11.3. The third kappa shape index (κ3) is 4.02. The topological polar surface area (TPSA) is 67.8 Å². The van der Waals surface area contributed by atoms with Crippen molar-refractivity contribution in [3.63, 3.8) is 0 Å². The van der Waals surface area contributed by atoms with E-state index in [4.69, 9.17) is 0 Å². The quantitative estimate of drug-likeness (QED) is 0.676. The summed E-state index contributed by atoms with van der Waals surface area (Å²) in [6.45, 7) is 1.78. The van der Waals surface area contributed by atoms with Gasteiger partial charge in [0.25, 0.3) is 0 Å². The van der Waals surface area contributed by atoms with Gasteiger partial charge in [-0.3, -0.25) is 10.1 Å². The van der Waals surface area contributed by atoms with Gasteiger partial charge in [0, 0.05) is 0 Å². The third-order valence-corrected chi connectivity index (χ3v) is 5.73. The summed E-state index contributed by atoms with van der Waals surface area (Å²) in [6, 6.07) is 3.43. The molecule has 0 bridgehead atoms. The summed E-state index contributed by atoms with van der Waals surface area (Å²) >= 11 is 3.67. The number of nitrogens with zero attached hydrogens (tertiary/aromatic N) is 3. The van der Waals surface area contributed by atoms with E-state index in [2.05, 4.69) is 20.5 Å². The molecule has 0 fully saturated rings. The molecule has 1 N–H and O–H groups in total. The summed E-state index contributed by atoms with van der Waals surface area (Å²) in [7, 11) is 0. The maximum atomic E-state index is 12.7. The molecule has 3 rings (SSSR count). The Morgan fingerprint density at radius 1 is 1.29 bits per heavy atom. The molecule has 24 heavy (non-hydrogen) atoms. The van der Waals surface area contributed by atoms with E-state index in [-0.39, 0.29) is 17.2 Å². The molecule has 0 radical (unpaired) electrons. The van der Waals surface area contributed by atoms with Crippen LogP contribution in [0.2, 0.25) is 0 Å². The first kappa shape index (κ1) is 17.1. The molecule has 0 aliphatic heterocycles. The zero-order valence-electron chi connectivity index (χ0n) is 12.0. The molecule has 1 aromatic carbocycles. The van der Waals surface area contributed by atoms with Gasteiger partial charge in [-0.2, -0.15) is 13.2 Å². The Morgan fingerprint density at radius 2 is 2.08 bits per heavy atom. The molecular formula is C13H9F3N4OS3. The molecule has 0 spiro atoms. The van der Waals surface area contributed by atoms with E-state index in [0.717, 1.165) is 28.9 Å². The standard InChI is InChI=1S/C13H9F3N4OS3/c1-6-19-20-11(23-6)18-10(21)5-22-12-17-8-4-7(13(14,15)16)2-3-9(8)24-12/h2-4H,5H2,1H3,(H,18,20,21). The lowest BCUT2D eigenvalue weighted by Gasteiger charge is -2.04. The smallest absolute Gasteiger partial charge is 0.300 e. The number of carbonyl (C=O) groups is 1. The van der Waals surface area contributed by atoms with Crippen LogP contribution in [0.25, 0.3) is 10.2 Å². The summed E-state index contributed by atoms with van der Waals surface area (Å²) in [4.78, 5) is 16.0. The Hall–Kier alpha value is -1.72. The van der Waals surface area contributed by atoms with E-state index >= 15 is 0 Å². The largest absolute Gasteiger partial charge is 0.416 e. The van der Waals surface area contributed by atoms with Gasteiger partial charge in [-0.15, -0.1) is 21.5 Å². The van der Waals surface area contributed by atoms with Crippen molar-refractivity contribution in [1.29, 1.82) is 0 Å². The fourth-order valence-electron chi connectivity index (χ4n) is 1.77. The second-order valence-corrected chi connectivity index (χ2v) is 8.06. The number of fused-ring (bicyclic) bond motifs is 1. The lowest BCUT2D eigenvalue weighted by molar-refractivity contribution is -0.137. The maximum Gasteiger partial charge on any atom is 0.416 e. The number of thioether (sulfide) groups is 1. The highest BCUT2D eigenvalue weighted by Gasteiger charge is 2.30. The van der Waals surface area contributed by atoms with Crippen LogP contribution in [0.3, 0.4) is 0 Å². The molecule has 3 aromatic rings. The van der Waals surface area contributed by atoms with Crippen LogP contribution in [0, 0.1) is 6.92 Å². The minimum absolute atomic E-state index is 0.0879. The second-order valence-electron chi connectivity index (χ2n) is 4.62. The number of nitrogens with one attached hydrogen (secondary N) is 1. The molecular weight excluding hydrogens is 381 g/mol. The van der Waals surface area contributed by atoms with Gasteiger partial charge in [0.2, 0.25) is 11.0 Å². The Bertz CT molecular complexity index is 890. The SMILES string of the molecule is Cc1nnc(NC(=O)CSc2nc3cc(C(F)(F)F)ccc3s2)s1. The van der Waals surface area contributed by atoms with Gasteiger partial charge in [-0.1, -0.05) is 23.1 Å². The number of aromatic nitrogens is 3. The zero-order valence-corrected chi connectivity index (χ0v) is 14.5. The summed E-state index contributed by atoms with van der Waals surface area (Å²) in [5.41, 5.74) is -0.460. The molecule has 5 nitrogen and oxygen atoms in total. The minimum Gasteiger partial charge on any atom is -0.300 e. The molecule has 0 saturated heterocycles. The molecule has 0 atom stereocenters. The molecule has 0 aliphatic rings. The van der Waals surface area contributed by atoms with Crippen molar-refractivity contribution in [3.05, 3.63) is 28.8 Å². The number of anilines is 1. The van der Waals surface area contributed by atoms with Crippen LogP contribution < -0.4 is 5.32 Å². The van der Waals surface area contributed by atoms with Crippen LogP contribution in [0.1, 0.15) is 10.6 Å². The average molecular weight is 390 g/mol. The molecule has 126 valence electrons. The molecule has 2 heterocycles. The van der Waals surface area contributed by atoms with Gasteiger partial charge in [0.1, 0.15) is 5.01 Å². The molecule has 0 aliphatic carbocycles. The molecule has 0 saturated carbocycles. The van der Waals surface area contributed by atoms with Crippen molar-refractivity contribution in [2.75, 3.05) is 11.1 Å². The first-order valence-corrected chi connectivity index (χ1v) is 9.13. The highest BCUT2D eigenvalue weighted by atomic mass is 32.2. The Balaban J connectivity index is 1.66. The van der Waals surface area contributed by atoms with Crippen molar-refractivity contribution in [2.24, 2.45) is 0 Å². The molecule has 0 unspecified atom stereocenters. The number of hydrogen-bond acceptors (Lipinski definition) is 7. The van der Waals surface area contributed by atoms with Crippen LogP contribution in [-0.2, 0) is 11.0 Å². The van der Waals surface area contributed by atoms with Crippen LogP contribution >= 0.6 is 34.4 Å². The van der Waals surface area contributed by atoms with E-state index in [0.29, 0.717) is 14.2 Å². The predicted octanol–water partition coefficient (Wildman–Crippen LogP) is 4.21. The van der Waals surface area contributed by atoms with Gasteiger partial charge in [0.05, 0.1) is 21.5 Å². The Morgan fingerprint density at radius 3 is 2.75 bits per heavy atom. The Kier molecular flexibility index (Phi) is 4.74. The fraction of sp³-hybridized carbons (Fsp3) is 0.231. The maximum absolute atomic E-state index is 12.7. The van der Waals surface area contributed by atoms with Gasteiger partial charge < -0.3 is 0 Å². The lowest BCUT2D eigenvalue weighted by Crippen LogP contribution is -2.13. The third-order valence-electron chi connectivity index (χ3n) is 2.79. The molecule has 1 amide bonds. The summed E-state index contributed by atoms with van der Waals surface area (Å²) in [6.07, 6.45) is -4.40. The predicted molar refractivity (Wildman–Crippen MR) is 88.6 cm³/mol. The van der Waals surface area contributed by atoms with E-state index in [1.807, 2.05) is 0 Å². The normalized spacial score (nSPS) is 11.8. The monoisotopic (exact) mass is 390 g/mol. The number of halogens is 3. The van der Waals surface area contributed by atoms with E-state index in [1.54, 1.807) is 6.92 Å². The van der Waals surface area contributed by atoms with Crippen LogP contribution in [0.5, 0.6) is 0 Å². The highest BCUT2D eigenvalue weighted by Crippen LogP contribution is 2.35. The highest BCUT2D eigenvalue weighted by molar-refractivity contribution is 8.01. The number of alkyl halides is 3. The van der Waals surface area contributed by atoms with Crippen molar-refractivity contribution < 1.29 is 18.0 Å². The number of thiazole rings is 1. The van der Waals surface area contributed by atoms with Gasteiger partial charge >= 0.3 is 6.18 Å². The van der Waals surface area contributed by atoms with Crippen molar-refractivity contribution >= 4 is 55.7 Å². The van der Waals surface area contributed by atoms with E-state index in [9.17, 15) is 18.0 Å². The van der Waals surface area contributed by atoms with E-state index < -0.39 is 11.7 Å². The van der Waals surface area contributed by atoms with E-state index in [1.165, 1.54) is 28.7 Å². The zero-order chi connectivity index (χ0) is 17.3. The van der Waals surface area contributed by atoms with Gasteiger partial charge in [-0.25, -0.2) is 4.98 Å². The Labute approximate surface area is 146 Å². The summed E-state index contributed by atoms with van der Waals surface area (Å²) in [5.74, 6) is -0.184. The molecule has 2 aromatic heterocycles. The van der Waals surface area contributed by atoms with Gasteiger partial charge in [-0.05, 0) is 25.1 Å². The van der Waals surface area contributed by atoms with Crippen molar-refractivity contribution in [2.45, 2.75) is 17.4 Å². The van der Waals surface area contributed by atoms with Crippen LogP contribution in [0.15, 0.2) is 22.5 Å². The average Bonchev–Trinajstić information content (AvgIpc) is 3.09. The lowest BCUT2D eigenvalue weighted by atomic mass is 10.2. The van der Waals surface area contributed by atoms with Crippen LogP contribution in [0.4, 0.5) is 18.3 Å². The number of amides is 1. The fourth-order valence-corrected chi connectivity index (χ4v) is 4.23. The minimum atomic E-state index is -4.40. The first-order valence-electron chi connectivity index (χ1n) is 6.52. The molecule has 11 heteroatoms. The van der Waals surface area contributed by atoms with Gasteiger partial charge in [0.15, 0.2) is 4.34 Å². The van der Waals surface area contributed by atoms with Crippen LogP contribution in [-0.4, -0.2) is 26.8 Å². The summed E-state index contributed by atoms with van der Waals surface area (Å²) in [5, 5.41) is 11.3. The van der Waals surface area contributed by atoms with Crippen molar-refractivity contribution in [1.82, 2.24) is 15.2 Å². The number of carbonyl (C=O) groups excluding carboxylic acids is 1. The number of aryl methyl sites for hydroxylation is 1.